The zero-order valence-electron chi connectivity index (χ0n) is 15.3. The van der Waals surface area contributed by atoms with Gasteiger partial charge in [-0.05, 0) is 38.0 Å². The molecule has 0 radical (unpaired) electrons. The molecule has 0 aromatic rings. The van der Waals surface area contributed by atoms with Crippen LogP contribution in [0.2, 0.25) is 0 Å². The molecule has 0 N–H and O–H groups in total. The zero-order chi connectivity index (χ0) is 16.2. The lowest BCUT2D eigenvalue weighted by Crippen LogP contribution is -2.51. The third kappa shape index (κ3) is 7.13. The van der Waals surface area contributed by atoms with Crippen LogP contribution < -0.4 is 0 Å². The number of carbonyl (C=O) groups excluding carboxylic acids is 1. The van der Waals surface area contributed by atoms with E-state index in [-0.39, 0.29) is 0 Å². The summed E-state index contributed by atoms with van der Waals surface area (Å²) >= 11 is 0. The average molecular weight is 311 g/mol. The van der Waals surface area contributed by atoms with Crippen LogP contribution >= 0.6 is 0 Å². The van der Waals surface area contributed by atoms with Crippen molar-refractivity contribution >= 4 is 5.91 Å². The Labute approximate surface area is 138 Å². The number of amides is 1. The van der Waals surface area contributed by atoms with E-state index in [9.17, 15) is 4.79 Å². The van der Waals surface area contributed by atoms with Crippen molar-refractivity contribution in [3.8, 4) is 0 Å². The van der Waals surface area contributed by atoms with Gasteiger partial charge in [0, 0.05) is 26.1 Å². The number of unbranched alkanes of at least 4 members (excludes halogenated alkanes) is 4. The first-order valence-corrected chi connectivity index (χ1v) is 9.78. The fraction of sp³-hybridized carbons (Fsp3) is 0.947. The molecule has 1 amide bonds. The van der Waals surface area contributed by atoms with E-state index >= 15 is 0 Å². The SMILES string of the molecule is CCCCCCC1CCCN(N(CCC)C(=O)CCCC)C1. The lowest BCUT2D eigenvalue weighted by atomic mass is 9.93. The van der Waals surface area contributed by atoms with Gasteiger partial charge in [0.05, 0.1) is 0 Å². The van der Waals surface area contributed by atoms with E-state index in [4.69, 9.17) is 0 Å². The molecule has 0 aromatic carbocycles. The van der Waals surface area contributed by atoms with Crippen LogP contribution in [-0.2, 0) is 4.79 Å². The predicted octanol–water partition coefficient (Wildman–Crippen LogP) is 5.01. The molecule has 130 valence electrons. The summed E-state index contributed by atoms with van der Waals surface area (Å²) in [5.74, 6) is 1.14. The van der Waals surface area contributed by atoms with E-state index < -0.39 is 0 Å². The van der Waals surface area contributed by atoms with E-state index in [1.165, 1.54) is 44.9 Å². The highest BCUT2D eigenvalue weighted by atomic mass is 16.2. The minimum absolute atomic E-state index is 0.343. The van der Waals surface area contributed by atoms with E-state index in [1.807, 2.05) is 0 Å². The lowest BCUT2D eigenvalue weighted by molar-refractivity contribution is -0.153. The van der Waals surface area contributed by atoms with E-state index in [0.717, 1.165) is 44.8 Å². The Bertz CT molecular complexity index is 293. The van der Waals surface area contributed by atoms with Crippen LogP contribution in [0.4, 0.5) is 0 Å². The summed E-state index contributed by atoms with van der Waals surface area (Å²) < 4.78 is 0. The molecule has 0 saturated carbocycles. The van der Waals surface area contributed by atoms with Gasteiger partial charge in [-0.1, -0.05) is 52.9 Å². The molecule has 1 saturated heterocycles. The first-order valence-electron chi connectivity index (χ1n) is 9.78. The summed E-state index contributed by atoms with van der Waals surface area (Å²) in [6.45, 7) is 9.67. The van der Waals surface area contributed by atoms with Gasteiger partial charge in [-0.25, -0.2) is 5.01 Å². The first kappa shape index (κ1) is 19.5. The van der Waals surface area contributed by atoms with Gasteiger partial charge in [-0.2, -0.15) is 0 Å². The van der Waals surface area contributed by atoms with Crippen molar-refractivity contribution in [3.63, 3.8) is 0 Å². The van der Waals surface area contributed by atoms with Crippen molar-refractivity contribution < 1.29 is 4.79 Å². The molecule has 0 bridgehead atoms. The van der Waals surface area contributed by atoms with Crippen LogP contribution in [0.1, 0.15) is 91.4 Å². The number of piperidine rings is 1. The Hall–Kier alpha value is -0.570. The molecule has 1 aliphatic rings. The van der Waals surface area contributed by atoms with Crippen LogP contribution in [0.15, 0.2) is 0 Å². The smallest absolute Gasteiger partial charge is 0.236 e. The molecule has 0 spiro atoms. The van der Waals surface area contributed by atoms with Crippen molar-refractivity contribution in [1.82, 2.24) is 10.0 Å². The van der Waals surface area contributed by atoms with Gasteiger partial charge in [-0.3, -0.25) is 9.80 Å². The second kappa shape index (κ2) is 11.9. The summed E-state index contributed by atoms with van der Waals surface area (Å²) in [4.78, 5) is 12.5. The first-order chi connectivity index (χ1) is 10.7. The van der Waals surface area contributed by atoms with Crippen molar-refractivity contribution in [3.05, 3.63) is 0 Å². The van der Waals surface area contributed by atoms with Crippen molar-refractivity contribution in [1.29, 1.82) is 0 Å². The number of rotatable bonds is 11. The maximum absolute atomic E-state index is 12.5. The normalized spacial score (nSPS) is 19.3. The molecule has 1 atom stereocenters. The molecule has 22 heavy (non-hydrogen) atoms. The van der Waals surface area contributed by atoms with E-state index in [1.54, 1.807) is 0 Å². The topological polar surface area (TPSA) is 23.6 Å². The van der Waals surface area contributed by atoms with Crippen molar-refractivity contribution in [2.75, 3.05) is 19.6 Å². The van der Waals surface area contributed by atoms with Gasteiger partial charge >= 0.3 is 0 Å². The molecule has 3 nitrogen and oxygen atoms in total. The Balaban J connectivity index is 2.45. The minimum Gasteiger partial charge on any atom is -0.275 e. The van der Waals surface area contributed by atoms with Gasteiger partial charge in [0.1, 0.15) is 0 Å². The summed E-state index contributed by atoms with van der Waals surface area (Å²) in [6, 6.07) is 0. The predicted molar refractivity (Wildman–Crippen MR) is 94.6 cm³/mol. The van der Waals surface area contributed by atoms with Gasteiger partial charge in [0.2, 0.25) is 5.91 Å². The number of carbonyl (C=O) groups is 1. The standard InChI is InChI=1S/C19H38N2O/c1-4-7-9-10-12-18-13-11-16-20(17-18)21(15-6-3)19(22)14-8-5-2/h18H,4-17H2,1-3H3. The molecule has 3 heteroatoms. The highest BCUT2D eigenvalue weighted by molar-refractivity contribution is 5.75. The van der Waals surface area contributed by atoms with Gasteiger partial charge < -0.3 is 0 Å². The number of hydrogen-bond donors (Lipinski definition) is 0. The molecular formula is C19H38N2O. The largest absolute Gasteiger partial charge is 0.275 e. The summed E-state index contributed by atoms with van der Waals surface area (Å²) in [5.41, 5.74) is 0. The van der Waals surface area contributed by atoms with Gasteiger partial charge in [0.25, 0.3) is 0 Å². The highest BCUT2D eigenvalue weighted by Crippen LogP contribution is 2.24. The highest BCUT2D eigenvalue weighted by Gasteiger charge is 2.26. The van der Waals surface area contributed by atoms with Crippen LogP contribution in [0, 0.1) is 5.92 Å². The molecule has 1 rings (SSSR count). The minimum atomic E-state index is 0.343. The molecule has 1 aliphatic heterocycles. The number of hydrogen-bond acceptors (Lipinski definition) is 2. The van der Waals surface area contributed by atoms with Crippen LogP contribution in [0.3, 0.4) is 0 Å². The number of nitrogens with zero attached hydrogens (tertiary/aromatic N) is 2. The molecule has 0 aromatic heterocycles. The van der Waals surface area contributed by atoms with E-state index in [2.05, 4.69) is 30.8 Å². The Morgan fingerprint density at radius 3 is 2.50 bits per heavy atom. The summed E-state index contributed by atoms with van der Waals surface area (Å²) in [6.07, 6.45) is 13.3. The van der Waals surface area contributed by atoms with Crippen LogP contribution in [-0.4, -0.2) is 35.6 Å². The molecule has 1 unspecified atom stereocenters. The maximum Gasteiger partial charge on any atom is 0.236 e. The van der Waals surface area contributed by atoms with Crippen molar-refractivity contribution in [2.45, 2.75) is 91.4 Å². The van der Waals surface area contributed by atoms with Crippen LogP contribution in [0.5, 0.6) is 0 Å². The maximum atomic E-state index is 12.5. The third-order valence-corrected chi connectivity index (χ3v) is 4.77. The average Bonchev–Trinajstić information content (AvgIpc) is 2.54. The van der Waals surface area contributed by atoms with Crippen LogP contribution in [0.25, 0.3) is 0 Å². The van der Waals surface area contributed by atoms with Gasteiger partial charge in [0.15, 0.2) is 0 Å². The zero-order valence-corrected chi connectivity index (χ0v) is 15.3. The van der Waals surface area contributed by atoms with Gasteiger partial charge in [-0.15, -0.1) is 0 Å². The second-order valence-electron chi connectivity index (χ2n) is 6.89. The Kier molecular flexibility index (Phi) is 10.6. The molecule has 1 fully saturated rings. The second-order valence-corrected chi connectivity index (χ2v) is 6.89. The van der Waals surface area contributed by atoms with E-state index in [0.29, 0.717) is 12.3 Å². The quantitative estimate of drug-likeness (QED) is 0.501. The Morgan fingerprint density at radius 2 is 1.82 bits per heavy atom. The third-order valence-electron chi connectivity index (χ3n) is 4.77. The molecular weight excluding hydrogens is 272 g/mol. The number of hydrazine groups is 1. The molecule has 0 aliphatic carbocycles. The fourth-order valence-electron chi connectivity index (χ4n) is 3.45. The Morgan fingerprint density at radius 1 is 1.05 bits per heavy atom. The molecule has 1 heterocycles. The fourth-order valence-corrected chi connectivity index (χ4v) is 3.45. The summed E-state index contributed by atoms with van der Waals surface area (Å²) in [5, 5.41) is 4.45. The van der Waals surface area contributed by atoms with Crippen molar-refractivity contribution in [2.24, 2.45) is 5.92 Å². The summed E-state index contributed by atoms with van der Waals surface area (Å²) in [7, 11) is 0. The lowest BCUT2D eigenvalue weighted by Gasteiger charge is -2.40. The monoisotopic (exact) mass is 310 g/mol.